The van der Waals surface area contributed by atoms with Crippen LogP contribution in [0.15, 0.2) is 59.5 Å². The average Bonchev–Trinajstić information content (AvgIpc) is 2.85. The normalized spacial score (nSPS) is 14.2. The van der Waals surface area contributed by atoms with Crippen molar-refractivity contribution in [3.05, 3.63) is 60.2 Å². The maximum Gasteiger partial charge on any atom is 0.223 e. The number of morpholine rings is 1. The van der Waals surface area contributed by atoms with Gasteiger partial charge >= 0.3 is 0 Å². The van der Waals surface area contributed by atoms with Crippen LogP contribution in [0.2, 0.25) is 0 Å². The molecule has 1 atom stereocenters. The second-order valence-electron chi connectivity index (χ2n) is 7.66. The SMILES string of the molecule is COc1nc(NI)ccc1-c1cc(N2CCOCC2)cc(S(=O)(=O)Cc2ccc(P)cc2)c1. The first-order chi connectivity index (χ1) is 15.9. The van der Waals surface area contributed by atoms with Gasteiger partial charge in [-0.3, -0.25) is 0 Å². The Bertz CT molecular complexity index is 1230. The highest BCUT2D eigenvalue weighted by Crippen LogP contribution is 2.35. The maximum atomic E-state index is 13.5. The van der Waals surface area contributed by atoms with E-state index in [1.165, 1.54) is 0 Å². The summed E-state index contributed by atoms with van der Waals surface area (Å²) >= 11 is 2.01. The van der Waals surface area contributed by atoms with Gasteiger partial charge in [-0.05, 0) is 46.8 Å². The molecule has 7 nitrogen and oxygen atoms in total. The summed E-state index contributed by atoms with van der Waals surface area (Å²) in [5.74, 6) is 1.01. The molecule has 2 heterocycles. The van der Waals surface area contributed by atoms with E-state index in [9.17, 15) is 8.42 Å². The van der Waals surface area contributed by atoms with Crippen LogP contribution >= 0.6 is 32.1 Å². The number of nitrogens with one attached hydrogen (secondary N) is 1. The second-order valence-corrected chi connectivity index (χ2v) is 10.9. The van der Waals surface area contributed by atoms with Crippen LogP contribution < -0.4 is 18.5 Å². The lowest BCUT2D eigenvalue weighted by Gasteiger charge is -2.29. The topological polar surface area (TPSA) is 80.8 Å². The molecule has 2 aromatic carbocycles. The average molecular weight is 597 g/mol. The lowest BCUT2D eigenvalue weighted by Crippen LogP contribution is -2.36. The molecule has 0 amide bonds. The van der Waals surface area contributed by atoms with Gasteiger partial charge in [-0.15, -0.1) is 9.24 Å². The zero-order chi connectivity index (χ0) is 23.4. The predicted molar refractivity (Wildman–Crippen MR) is 144 cm³/mol. The van der Waals surface area contributed by atoms with Crippen LogP contribution in [-0.2, 0) is 20.3 Å². The summed E-state index contributed by atoms with van der Waals surface area (Å²) in [6.07, 6.45) is 0. The molecule has 10 heteroatoms. The third-order valence-electron chi connectivity index (χ3n) is 5.42. The van der Waals surface area contributed by atoms with Gasteiger partial charge < -0.3 is 17.9 Å². The van der Waals surface area contributed by atoms with Crippen molar-refractivity contribution in [2.75, 3.05) is 41.8 Å². The van der Waals surface area contributed by atoms with Crippen molar-refractivity contribution in [3.63, 3.8) is 0 Å². The van der Waals surface area contributed by atoms with E-state index in [1.54, 1.807) is 19.2 Å². The van der Waals surface area contributed by atoms with E-state index in [4.69, 9.17) is 9.47 Å². The molecule has 174 valence electrons. The molecule has 1 aliphatic rings. The van der Waals surface area contributed by atoms with Crippen LogP contribution in [0.5, 0.6) is 5.88 Å². The lowest BCUT2D eigenvalue weighted by atomic mass is 10.1. The fourth-order valence-corrected chi connectivity index (χ4v) is 5.61. The number of nitrogens with zero attached hydrogens (tertiary/aromatic N) is 2. The summed E-state index contributed by atoms with van der Waals surface area (Å²) in [5.41, 5.74) is 3.05. The highest BCUT2D eigenvalue weighted by molar-refractivity contribution is 14.1. The van der Waals surface area contributed by atoms with E-state index < -0.39 is 9.84 Å². The number of rotatable bonds is 7. The Labute approximate surface area is 210 Å². The summed E-state index contributed by atoms with van der Waals surface area (Å²) in [6.45, 7) is 2.61. The van der Waals surface area contributed by atoms with Crippen molar-refractivity contribution in [3.8, 4) is 17.0 Å². The van der Waals surface area contributed by atoms with E-state index >= 15 is 0 Å². The van der Waals surface area contributed by atoms with Gasteiger partial charge in [0.25, 0.3) is 0 Å². The van der Waals surface area contributed by atoms with E-state index in [1.807, 2.05) is 65.3 Å². The highest BCUT2D eigenvalue weighted by Gasteiger charge is 2.22. The molecule has 33 heavy (non-hydrogen) atoms. The fourth-order valence-electron chi connectivity index (χ4n) is 3.71. The first-order valence-electron chi connectivity index (χ1n) is 10.4. The molecule has 0 aliphatic carbocycles. The zero-order valence-electron chi connectivity index (χ0n) is 18.1. The molecule has 1 aliphatic heterocycles. The van der Waals surface area contributed by atoms with Crippen LogP contribution in [0.3, 0.4) is 0 Å². The number of methoxy groups -OCH3 is 1. The van der Waals surface area contributed by atoms with E-state index in [2.05, 4.69) is 22.7 Å². The van der Waals surface area contributed by atoms with Crippen LogP contribution in [0.4, 0.5) is 11.5 Å². The minimum absolute atomic E-state index is 0.0724. The Morgan fingerprint density at radius 2 is 1.85 bits per heavy atom. The van der Waals surface area contributed by atoms with E-state index in [0.29, 0.717) is 38.0 Å². The number of benzene rings is 2. The monoisotopic (exact) mass is 597 g/mol. The van der Waals surface area contributed by atoms with Crippen molar-refractivity contribution in [1.29, 1.82) is 0 Å². The van der Waals surface area contributed by atoms with Crippen molar-refractivity contribution in [2.45, 2.75) is 10.6 Å². The summed E-state index contributed by atoms with van der Waals surface area (Å²) in [6, 6.07) is 16.7. The summed E-state index contributed by atoms with van der Waals surface area (Å²) in [7, 11) is 0.578. The van der Waals surface area contributed by atoms with Crippen molar-refractivity contribution >= 4 is 58.8 Å². The van der Waals surface area contributed by atoms with E-state index in [0.717, 1.165) is 27.7 Å². The van der Waals surface area contributed by atoms with Crippen LogP contribution in [0.25, 0.3) is 11.1 Å². The number of ether oxygens (including phenoxy) is 2. The summed E-state index contributed by atoms with van der Waals surface area (Å²) in [4.78, 5) is 6.89. The predicted octanol–water partition coefficient (Wildman–Crippen LogP) is 3.83. The number of sulfone groups is 1. The van der Waals surface area contributed by atoms with Crippen LogP contribution in [0, 0.1) is 0 Å². The minimum Gasteiger partial charge on any atom is -0.480 e. The Hall–Kier alpha value is -1.94. The Morgan fingerprint density at radius 1 is 1.12 bits per heavy atom. The zero-order valence-corrected chi connectivity index (χ0v) is 22.3. The van der Waals surface area contributed by atoms with Gasteiger partial charge in [-0.25, -0.2) is 8.42 Å². The second kappa shape index (κ2) is 10.5. The fraction of sp³-hybridized carbons (Fsp3) is 0.261. The Kier molecular flexibility index (Phi) is 7.73. The third-order valence-corrected chi connectivity index (χ3v) is 8.03. The number of halogens is 1. The molecular formula is C23H25IN3O4PS. The number of anilines is 2. The molecule has 0 saturated carbocycles. The quantitative estimate of drug-likeness (QED) is 0.252. The third kappa shape index (κ3) is 5.77. The molecule has 1 N–H and O–H groups in total. The van der Waals surface area contributed by atoms with Gasteiger partial charge in [-0.1, -0.05) is 24.3 Å². The van der Waals surface area contributed by atoms with Gasteiger partial charge in [0.15, 0.2) is 9.84 Å². The van der Waals surface area contributed by atoms with Crippen molar-refractivity contribution in [2.24, 2.45) is 0 Å². The van der Waals surface area contributed by atoms with Gasteiger partial charge in [0.1, 0.15) is 5.82 Å². The largest absolute Gasteiger partial charge is 0.480 e. The molecule has 1 unspecified atom stereocenters. The molecule has 0 radical (unpaired) electrons. The Morgan fingerprint density at radius 3 is 2.52 bits per heavy atom. The first-order valence-corrected chi connectivity index (χ1v) is 13.7. The number of aromatic nitrogens is 1. The van der Waals surface area contributed by atoms with Gasteiger partial charge in [-0.2, -0.15) is 4.98 Å². The Balaban J connectivity index is 1.80. The minimum atomic E-state index is -3.59. The molecule has 4 rings (SSSR count). The van der Waals surface area contributed by atoms with Gasteiger partial charge in [0.05, 0.1) is 53.8 Å². The molecular weight excluding hydrogens is 572 g/mol. The molecule has 0 bridgehead atoms. The standard InChI is InChI=1S/C23H25IN3O4PS/c1-30-23-21(6-7-22(25-23)26-24)17-12-18(27-8-10-31-11-9-27)14-20(13-17)33(28,29)15-16-2-4-19(32)5-3-16/h2-7,12-14H,8-11,15,32H2,1H3,(H,25,26). The molecule has 1 fully saturated rings. The highest BCUT2D eigenvalue weighted by atomic mass is 127. The van der Waals surface area contributed by atoms with Crippen LogP contribution in [-0.4, -0.2) is 46.8 Å². The van der Waals surface area contributed by atoms with Crippen LogP contribution in [0.1, 0.15) is 5.56 Å². The van der Waals surface area contributed by atoms with Crippen molar-refractivity contribution < 1.29 is 17.9 Å². The van der Waals surface area contributed by atoms with Crippen molar-refractivity contribution in [1.82, 2.24) is 4.98 Å². The van der Waals surface area contributed by atoms with E-state index in [-0.39, 0.29) is 10.6 Å². The van der Waals surface area contributed by atoms with Gasteiger partial charge in [0, 0.05) is 24.3 Å². The first kappa shape index (κ1) is 24.2. The number of pyridine rings is 1. The molecule has 3 aromatic rings. The lowest BCUT2D eigenvalue weighted by molar-refractivity contribution is 0.122. The summed E-state index contributed by atoms with van der Waals surface area (Å²) in [5, 5.41) is 1.01. The summed E-state index contributed by atoms with van der Waals surface area (Å²) < 4.78 is 40.9. The maximum absolute atomic E-state index is 13.5. The molecule has 1 saturated heterocycles. The molecule has 0 spiro atoms. The number of hydrogen-bond donors (Lipinski definition) is 1. The number of hydrogen-bond acceptors (Lipinski definition) is 7. The smallest absolute Gasteiger partial charge is 0.223 e. The van der Waals surface area contributed by atoms with Gasteiger partial charge in [0.2, 0.25) is 5.88 Å². The molecule has 1 aromatic heterocycles.